The summed E-state index contributed by atoms with van der Waals surface area (Å²) >= 11 is 0. The second kappa shape index (κ2) is 8.49. The monoisotopic (exact) mass is 330 g/mol. The molecular weight excluding hydrogens is 304 g/mol. The minimum absolute atomic E-state index is 0.0222. The molecule has 1 heterocycles. The summed E-state index contributed by atoms with van der Waals surface area (Å²) in [6, 6.07) is 7.86. The Bertz CT molecular complexity index is 681. The summed E-state index contributed by atoms with van der Waals surface area (Å²) in [4.78, 5) is 14.1. The number of rotatable bonds is 8. The Hall–Kier alpha value is -2.34. The van der Waals surface area contributed by atoms with Crippen LogP contribution in [0.3, 0.4) is 0 Å². The van der Waals surface area contributed by atoms with Crippen LogP contribution in [0.25, 0.3) is 0 Å². The molecule has 6 heteroatoms. The molecule has 0 atom stereocenters. The number of ether oxygens (including phenoxy) is 1. The highest BCUT2D eigenvalue weighted by atomic mass is 16.5. The lowest BCUT2D eigenvalue weighted by molar-refractivity contribution is -0.122. The zero-order valence-corrected chi connectivity index (χ0v) is 14.9. The summed E-state index contributed by atoms with van der Waals surface area (Å²) in [6.45, 7) is 3.65. The van der Waals surface area contributed by atoms with Crippen LogP contribution < -0.4 is 10.1 Å². The molecular formula is C18H26N4O2. The second-order valence-electron chi connectivity index (χ2n) is 6.00. The first kappa shape index (κ1) is 18.0. The minimum Gasteiger partial charge on any atom is -0.496 e. The molecule has 0 spiro atoms. The molecule has 0 bridgehead atoms. The smallest absolute Gasteiger partial charge is 0.234 e. The fraction of sp³-hybridized carbons (Fsp3) is 0.444. The Morgan fingerprint density at radius 1 is 1.33 bits per heavy atom. The molecule has 24 heavy (non-hydrogen) atoms. The van der Waals surface area contributed by atoms with Crippen molar-refractivity contribution in [1.82, 2.24) is 20.0 Å². The van der Waals surface area contributed by atoms with Crippen molar-refractivity contribution in [2.75, 3.05) is 27.2 Å². The maximum absolute atomic E-state index is 12.1. The number of carbonyl (C=O) groups is 1. The van der Waals surface area contributed by atoms with Gasteiger partial charge in [0, 0.05) is 31.9 Å². The molecule has 1 aromatic carbocycles. The van der Waals surface area contributed by atoms with Crippen LogP contribution in [0.15, 0.2) is 30.5 Å². The van der Waals surface area contributed by atoms with Crippen molar-refractivity contribution in [3.63, 3.8) is 0 Å². The molecule has 1 N–H and O–H groups in total. The summed E-state index contributed by atoms with van der Waals surface area (Å²) < 4.78 is 7.12. The van der Waals surface area contributed by atoms with Gasteiger partial charge in [0.2, 0.25) is 5.91 Å². The average Bonchev–Trinajstić information content (AvgIpc) is 2.85. The second-order valence-corrected chi connectivity index (χ2v) is 6.00. The molecule has 2 rings (SSSR count). The van der Waals surface area contributed by atoms with Crippen LogP contribution in [-0.4, -0.2) is 47.8 Å². The van der Waals surface area contributed by atoms with Gasteiger partial charge in [-0.2, -0.15) is 5.10 Å². The van der Waals surface area contributed by atoms with E-state index in [-0.39, 0.29) is 5.91 Å². The zero-order valence-electron chi connectivity index (χ0n) is 14.9. The van der Waals surface area contributed by atoms with Crippen LogP contribution in [0.4, 0.5) is 0 Å². The third-order valence-electron chi connectivity index (χ3n) is 3.88. The number of hydrogen-bond acceptors (Lipinski definition) is 4. The highest BCUT2D eigenvalue weighted by Crippen LogP contribution is 2.17. The van der Waals surface area contributed by atoms with E-state index >= 15 is 0 Å². The molecule has 0 unspecified atom stereocenters. The van der Waals surface area contributed by atoms with Crippen LogP contribution in [0, 0.1) is 6.92 Å². The topological polar surface area (TPSA) is 59.4 Å². The van der Waals surface area contributed by atoms with Gasteiger partial charge in [0.05, 0.1) is 19.3 Å². The molecule has 0 saturated heterocycles. The van der Waals surface area contributed by atoms with Crippen molar-refractivity contribution in [2.24, 2.45) is 7.05 Å². The number of aryl methyl sites for hydroxylation is 2. The molecule has 0 aliphatic carbocycles. The van der Waals surface area contributed by atoms with E-state index < -0.39 is 0 Å². The molecule has 6 nitrogen and oxygen atoms in total. The molecule has 130 valence electrons. The number of nitrogens with one attached hydrogen (secondary N) is 1. The third kappa shape index (κ3) is 5.09. The van der Waals surface area contributed by atoms with Gasteiger partial charge in [-0.1, -0.05) is 18.2 Å². The fourth-order valence-corrected chi connectivity index (χ4v) is 2.70. The summed E-state index contributed by atoms with van der Waals surface area (Å²) in [5.74, 6) is 0.880. The zero-order chi connectivity index (χ0) is 17.5. The highest BCUT2D eigenvalue weighted by molar-refractivity contribution is 5.77. The Balaban J connectivity index is 1.75. The molecule has 0 saturated carbocycles. The number of amides is 1. The van der Waals surface area contributed by atoms with Gasteiger partial charge >= 0.3 is 0 Å². The summed E-state index contributed by atoms with van der Waals surface area (Å²) in [5, 5.41) is 7.28. The van der Waals surface area contributed by atoms with Crippen LogP contribution in [-0.2, 0) is 24.8 Å². The number of methoxy groups -OCH3 is 1. The third-order valence-corrected chi connectivity index (χ3v) is 3.88. The van der Waals surface area contributed by atoms with Gasteiger partial charge in [-0.05, 0) is 32.0 Å². The van der Waals surface area contributed by atoms with Crippen LogP contribution in [0.5, 0.6) is 5.75 Å². The number of nitrogens with zero attached hydrogens (tertiary/aromatic N) is 3. The molecule has 1 aromatic heterocycles. The average molecular weight is 330 g/mol. The summed E-state index contributed by atoms with van der Waals surface area (Å²) in [7, 11) is 5.50. The Morgan fingerprint density at radius 2 is 2.08 bits per heavy atom. The van der Waals surface area contributed by atoms with Crippen LogP contribution in [0.2, 0.25) is 0 Å². The first-order valence-corrected chi connectivity index (χ1v) is 8.06. The first-order chi connectivity index (χ1) is 11.5. The van der Waals surface area contributed by atoms with E-state index in [0.717, 1.165) is 29.0 Å². The number of para-hydroxylation sites is 1. The molecule has 1 amide bonds. The van der Waals surface area contributed by atoms with Gasteiger partial charge in [-0.25, -0.2) is 0 Å². The molecule has 0 aliphatic rings. The van der Waals surface area contributed by atoms with Crippen molar-refractivity contribution in [1.29, 1.82) is 0 Å². The van der Waals surface area contributed by atoms with Crippen LogP contribution in [0.1, 0.15) is 16.8 Å². The van der Waals surface area contributed by atoms with Gasteiger partial charge in [0.1, 0.15) is 5.75 Å². The van der Waals surface area contributed by atoms with Crippen LogP contribution >= 0.6 is 0 Å². The number of carbonyl (C=O) groups excluding carboxylic acids is 1. The highest BCUT2D eigenvalue weighted by Gasteiger charge is 2.10. The lowest BCUT2D eigenvalue weighted by Gasteiger charge is -2.16. The molecule has 2 aromatic rings. The van der Waals surface area contributed by atoms with E-state index in [2.05, 4.69) is 10.4 Å². The summed E-state index contributed by atoms with van der Waals surface area (Å²) in [6.07, 6.45) is 2.74. The number of aromatic nitrogens is 2. The molecule has 0 fully saturated rings. The lowest BCUT2D eigenvalue weighted by atomic mass is 10.1. The Kier molecular flexibility index (Phi) is 6.37. The largest absolute Gasteiger partial charge is 0.496 e. The van der Waals surface area contributed by atoms with Gasteiger partial charge in [0.15, 0.2) is 0 Å². The SMILES string of the molecule is COc1ccccc1CCNC(=O)CN(C)Cc1cn(C)nc1C. The lowest BCUT2D eigenvalue weighted by Crippen LogP contribution is -2.35. The maximum atomic E-state index is 12.1. The number of benzene rings is 1. The first-order valence-electron chi connectivity index (χ1n) is 8.06. The predicted octanol–water partition coefficient (Wildman–Crippen LogP) is 1.53. The van der Waals surface area contributed by atoms with E-state index in [9.17, 15) is 4.79 Å². The van der Waals surface area contributed by atoms with E-state index in [1.54, 1.807) is 11.8 Å². The quantitative estimate of drug-likeness (QED) is 0.797. The van der Waals surface area contributed by atoms with Gasteiger partial charge in [-0.15, -0.1) is 0 Å². The Labute approximate surface area is 143 Å². The van der Waals surface area contributed by atoms with Crippen molar-refractivity contribution >= 4 is 5.91 Å². The van der Waals surface area contributed by atoms with Crippen molar-refractivity contribution in [3.05, 3.63) is 47.3 Å². The predicted molar refractivity (Wildman–Crippen MR) is 94.0 cm³/mol. The normalized spacial score (nSPS) is 10.9. The van der Waals surface area contributed by atoms with E-state index in [1.165, 1.54) is 0 Å². The van der Waals surface area contributed by atoms with Crippen molar-refractivity contribution in [3.8, 4) is 5.75 Å². The summed E-state index contributed by atoms with van der Waals surface area (Å²) in [5.41, 5.74) is 3.24. The van der Waals surface area contributed by atoms with Crippen molar-refractivity contribution in [2.45, 2.75) is 19.9 Å². The maximum Gasteiger partial charge on any atom is 0.234 e. The van der Waals surface area contributed by atoms with E-state index in [4.69, 9.17) is 4.74 Å². The number of likely N-dealkylation sites (N-methyl/N-ethyl adjacent to an activating group) is 1. The molecule has 0 aliphatic heterocycles. The van der Waals surface area contributed by atoms with Gasteiger partial charge in [-0.3, -0.25) is 14.4 Å². The standard InChI is InChI=1S/C18H26N4O2/c1-14-16(12-22(3)20-14)11-21(2)13-18(23)19-10-9-15-7-5-6-8-17(15)24-4/h5-8,12H,9-11,13H2,1-4H3,(H,19,23). The molecule has 0 radical (unpaired) electrons. The van der Waals surface area contributed by atoms with Gasteiger partial charge < -0.3 is 10.1 Å². The minimum atomic E-state index is 0.0222. The van der Waals surface area contributed by atoms with Gasteiger partial charge in [0.25, 0.3) is 0 Å². The number of hydrogen-bond donors (Lipinski definition) is 1. The van der Waals surface area contributed by atoms with E-state index in [0.29, 0.717) is 19.6 Å². The van der Waals surface area contributed by atoms with Crippen molar-refractivity contribution < 1.29 is 9.53 Å². The fourth-order valence-electron chi connectivity index (χ4n) is 2.70. The van der Waals surface area contributed by atoms with E-state index in [1.807, 2.05) is 56.4 Å². The Morgan fingerprint density at radius 3 is 2.75 bits per heavy atom.